The van der Waals surface area contributed by atoms with Crippen molar-refractivity contribution in [3.63, 3.8) is 0 Å². The van der Waals surface area contributed by atoms with Gasteiger partial charge >= 0.3 is 0 Å². The highest BCUT2D eigenvalue weighted by Crippen LogP contribution is 2.23. The Hall–Kier alpha value is -0.180. The Labute approximate surface area is 52.9 Å². The van der Waals surface area contributed by atoms with E-state index < -0.39 is 6.17 Å². The summed E-state index contributed by atoms with van der Waals surface area (Å²) in [6.45, 7) is 0. The van der Waals surface area contributed by atoms with Crippen molar-refractivity contribution in [3.8, 4) is 0 Å². The molecule has 9 heavy (non-hydrogen) atoms. The first-order valence-electron chi connectivity index (χ1n) is 3.24. The van der Waals surface area contributed by atoms with Gasteiger partial charge in [0.25, 0.3) is 0 Å². The van der Waals surface area contributed by atoms with E-state index in [9.17, 15) is 8.92 Å². The van der Waals surface area contributed by atoms with Crippen LogP contribution >= 0.6 is 0 Å². The number of hydrogen-bond donors (Lipinski definition) is 0. The molecule has 0 aromatic rings. The highest BCUT2D eigenvalue weighted by Gasteiger charge is 2.21. The molecule has 1 rings (SSSR count). The summed E-state index contributed by atoms with van der Waals surface area (Å²) >= 11 is 0. The van der Waals surface area contributed by atoms with Gasteiger partial charge in [-0.05, 0) is 30.2 Å². The van der Waals surface area contributed by atoms with E-state index in [0.29, 0.717) is 25.7 Å². The Balaban J connectivity index is 2.18. The van der Waals surface area contributed by atoms with E-state index >= 15 is 0 Å². The minimum atomic E-state index is -0.726. The Bertz CT molecular complexity index is 79.1. The molecule has 1 nitrogen and oxygen atoms in total. The zero-order chi connectivity index (χ0) is 6.69. The first-order chi connectivity index (χ1) is 4.33. The molecule has 0 aromatic carbocycles. The smallest absolute Gasteiger partial charge is 0.100 e. The van der Waals surface area contributed by atoms with Crippen molar-refractivity contribution in [1.82, 2.24) is 0 Å². The molecule has 0 aromatic heterocycles. The quantitative estimate of drug-likeness (QED) is 0.536. The van der Waals surface area contributed by atoms with E-state index in [4.69, 9.17) is 0 Å². The monoisotopic (exact) mass is 136 g/mol. The molecular weight excluding hydrogens is 126 g/mol. The van der Waals surface area contributed by atoms with Gasteiger partial charge < -0.3 is 0 Å². The topological polar surface area (TPSA) is 9.23 Å². The number of rotatable bonds is 1. The van der Waals surface area contributed by atoms with E-state index in [1.807, 2.05) is 0 Å². The second kappa shape index (κ2) is 3.11. The van der Waals surface area contributed by atoms with Gasteiger partial charge in [-0.1, -0.05) is 0 Å². The van der Waals surface area contributed by atoms with Crippen LogP contribution in [0.3, 0.4) is 0 Å². The summed E-state index contributed by atoms with van der Waals surface area (Å²) in [6, 6.07) is 0. The van der Waals surface area contributed by atoms with Crippen LogP contribution in [-0.4, -0.2) is 12.3 Å². The third-order valence-corrected chi connectivity index (χ3v) is 1.73. The number of alkyl halides is 1. The molecular formula is C6H10F2O. The number of halogens is 2. The van der Waals surface area contributed by atoms with E-state index in [-0.39, 0.29) is 6.10 Å². The Kier molecular flexibility index (Phi) is 2.39. The van der Waals surface area contributed by atoms with Crippen LogP contribution in [0.4, 0.5) is 8.92 Å². The maximum absolute atomic E-state index is 12.3. The molecule has 1 saturated carbocycles. The summed E-state index contributed by atoms with van der Waals surface area (Å²) in [5.41, 5.74) is 0. The van der Waals surface area contributed by atoms with Gasteiger partial charge in [0.05, 0.1) is 6.10 Å². The van der Waals surface area contributed by atoms with Gasteiger partial charge in [0.15, 0.2) is 0 Å². The second-order valence-electron chi connectivity index (χ2n) is 2.46. The SMILES string of the molecule is FOC1CCC(F)CC1. The summed E-state index contributed by atoms with van der Waals surface area (Å²) in [6.07, 6.45) is 0.895. The summed E-state index contributed by atoms with van der Waals surface area (Å²) in [7, 11) is 0. The van der Waals surface area contributed by atoms with Crippen LogP contribution in [0.1, 0.15) is 25.7 Å². The maximum atomic E-state index is 12.3. The average Bonchev–Trinajstić information content (AvgIpc) is 1.90. The van der Waals surface area contributed by atoms with Crippen LogP contribution in [0.2, 0.25) is 0 Å². The molecule has 0 N–H and O–H groups in total. The predicted molar refractivity (Wildman–Crippen MR) is 29.3 cm³/mol. The van der Waals surface area contributed by atoms with Crippen LogP contribution in [0.5, 0.6) is 0 Å². The van der Waals surface area contributed by atoms with E-state index in [1.54, 1.807) is 0 Å². The molecule has 0 heterocycles. The lowest BCUT2D eigenvalue weighted by molar-refractivity contribution is -0.190. The first-order valence-corrected chi connectivity index (χ1v) is 3.24. The highest BCUT2D eigenvalue weighted by molar-refractivity contribution is 4.70. The van der Waals surface area contributed by atoms with Crippen LogP contribution < -0.4 is 0 Å². The molecule has 0 amide bonds. The van der Waals surface area contributed by atoms with Crippen molar-refractivity contribution in [1.29, 1.82) is 0 Å². The molecule has 1 fully saturated rings. The van der Waals surface area contributed by atoms with Gasteiger partial charge in [0.1, 0.15) is 6.17 Å². The normalized spacial score (nSPS) is 36.7. The minimum Gasteiger partial charge on any atom is -0.247 e. The van der Waals surface area contributed by atoms with Gasteiger partial charge in [-0.2, -0.15) is 4.94 Å². The third-order valence-electron chi connectivity index (χ3n) is 1.73. The van der Waals surface area contributed by atoms with Crippen molar-refractivity contribution in [3.05, 3.63) is 0 Å². The van der Waals surface area contributed by atoms with Crippen molar-refractivity contribution in [2.75, 3.05) is 0 Å². The predicted octanol–water partition coefficient (Wildman–Crippen LogP) is 2.17. The fourth-order valence-corrected chi connectivity index (χ4v) is 1.11. The van der Waals surface area contributed by atoms with Crippen LogP contribution in [0, 0.1) is 0 Å². The first kappa shape index (κ1) is 6.93. The summed E-state index contributed by atoms with van der Waals surface area (Å²) in [4.78, 5) is 3.57. The average molecular weight is 136 g/mol. The Morgan fingerprint density at radius 1 is 1.11 bits per heavy atom. The standard InChI is InChI=1S/C6H10F2O/c7-5-1-3-6(9-8)4-2-5/h5-6H,1-4H2. The zero-order valence-electron chi connectivity index (χ0n) is 5.15. The maximum Gasteiger partial charge on any atom is 0.100 e. The van der Waals surface area contributed by atoms with E-state index in [2.05, 4.69) is 4.94 Å². The van der Waals surface area contributed by atoms with Gasteiger partial charge in [0.2, 0.25) is 0 Å². The number of hydrogen-bond acceptors (Lipinski definition) is 1. The molecule has 3 heteroatoms. The molecule has 0 aliphatic heterocycles. The molecule has 0 bridgehead atoms. The van der Waals surface area contributed by atoms with Crippen molar-refractivity contribution >= 4 is 0 Å². The van der Waals surface area contributed by atoms with E-state index in [1.165, 1.54) is 0 Å². The van der Waals surface area contributed by atoms with Gasteiger partial charge in [-0.25, -0.2) is 4.39 Å². The van der Waals surface area contributed by atoms with E-state index in [0.717, 1.165) is 0 Å². The second-order valence-corrected chi connectivity index (χ2v) is 2.46. The summed E-state index contributed by atoms with van der Waals surface area (Å²) in [5, 5.41) is 0. The lowest BCUT2D eigenvalue weighted by Gasteiger charge is -2.19. The van der Waals surface area contributed by atoms with Crippen LogP contribution in [-0.2, 0) is 4.94 Å². The molecule has 1 aliphatic carbocycles. The minimum absolute atomic E-state index is 0.336. The fraction of sp³-hybridized carbons (Fsp3) is 1.00. The lowest BCUT2D eigenvalue weighted by atomic mass is 9.96. The van der Waals surface area contributed by atoms with Gasteiger partial charge in [0, 0.05) is 0 Å². The van der Waals surface area contributed by atoms with Crippen molar-refractivity contribution < 1.29 is 13.9 Å². The molecule has 0 atom stereocenters. The third kappa shape index (κ3) is 1.90. The van der Waals surface area contributed by atoms with Gasteiger partial charge in [-0.3, -0.25) is 0 Å². The van der Waals surface area contributed by atoms with Crippen molar-refractivity contribution in [2.24, 2.45) is 0 Å². The molecule has 0 unspecified atom stereocenters. The zero-order valence-corrected chi connectivity index (χ0v) is 5.15. The van der Waals surface area contributed by atoms with Crippen molar-refractivity contribution in [2.45, 2.75) is 38.0 Å². The highest BCUT2D eigenvalue weighted by atomic mass is 19.3. The van der Waals surface area contributed by atoms with Crippen LogP contribution in [0.15, 0.2) is 0 Å². The Morgan fingerprint density at radius 3 is 2.11 bits per heavy atom. The molecule has 0 saturated heterocycles. The fourth-order valence-electron chi connectivity index (χ4n) is 1.11. The lowest BCUT2D eigenvalue weighted by Crippen LogP contribution is -2.19. The Morgan fingerprint density at radius 2 is 1.67 bits per heavy atom. The molecule has 0 spiro atoms. The molecule has 54 valence electrons. The molecule has 1 aliphatic rings. The van der Waals surface area contributed by atoms with Gasteiger partial charge in [-0.15, -0.1) is 0 Å². The summed E-state index contributed by atoms with van der Waals surface area (Å²) in [5.74, 6) is 0. The molecule has 0 radical (unpaired) electrons. The van der Waals surface area contributed by atoms with Crippen LogP contribution in [0.25, 0.3) is 0 Å². The summed E-state index contributed by atoms with van der Waals surface area (Å²) < 4.78 is 23.7. The largest absolute Gasteiger partial charge is 0.247 e.